The van der Waals surface area contributed by atoms with Crippen molar-refractivity contribution in [2.24, 2.45) is 0 Å². The molecule has 202 valence electrons. The predicted octanol–water partition coefficient (Wildman–Crippen LogP) is 2.52. The third-order valence-corrected chi connectivity index (χ3v) is 6.56. The van der Waals surface area contributed by atoms with Gasteiger partial charge < -0.3 is 20.1 Å². The van der Waals surface area contributed by atoms with E-state index in [9.17, 15) is 18.7 Å². The molecule has 0 bridgehead atoms. The highest BCUT2D eigenvalue weighted by atomic mass is 19.3. The lowest BCUT2D eigenvalue weighted by atomic mass is 9.95. The molecule has 12 nitrogen and oxygen atoms in total. The first-order chi connectivity index (χ1) is 18.8. The van der Waals surface area contributed by atoms with Crippen molar-refractivity contribution in [1.82, 2.24) is 39.4 Å². The zero-order valence-corrected chi connectivity index (χ0v) is 20.9. The molecule has 5 heterocycles. The summed E-state index contributed by atoms with van der Waals surface area (Å²) >= 11 is 0. The van der Waals surface area contributed by atoms with Crippen LogP contribution in [-0.2, 0) is 16.9 Å². The zero-order valence-electron chi connectivity index (χ0n) is 20.9. The molecule has 1 saturated carbocycles. The monoisotopic (exact) mass is 537 g/mol. The molecule has 2 aliphatic rings. The second-order valence-corrected chi connectivity index (χ2v) is 9.56. The summed E-state index contributed by atoms with van der Waals surface area (Å²) in [5, 5.41) is 22.4. The number of hydrogen-bond acceptors (Lipinski definition) is 9. The lowest BCUT2D eigenvalue weighted by molar-refractivity contribution is -0.143. The highest BCUT2D eigenvalue weighted by molar-refractivity contribution is 5.88. The summed E-state index contributed by atoms with van der Waals surface area (Å²) in [5.74, 6) is 0.526. The van der Waals surface area contributed by atoms with Gasteiger partial charge in [-0.3, -0.25) is 9.48 Å². The Morgan fingerprint density at radius 2 is 2.03 bits per heavy atom. The number of ether oxygens (including phenoxy) is 1. The van der Waals surface area contributed by atoms with Crippen LogP contribution in [0.25, 0.3) is 17.2 Å². The van der Waals surface area contributed by atoms with Gasteiger partial charge in [0.2, 0.25) is 5.95 Å². The Bertz CT molecular complexity index is 1520. The van der Waals surface area contributed by atoms with Crippen LogP contribution in [0.4, 0.5) is 20.4 Å². The zero-order chi connectivity index (χ0) is 27.1. The number of pyridine rings is 1. The van der Waals surface area contributed by atoms with Crippen molar-refractivity contribution >= 4 is 17.5 Å². The van der Waals surface area contributed by atoms with Gasteiger partial charge in [-0.25, -0.2) is 28.4 Å². The van der Waals surface area contributed by atoms with Gasteiger partial charge in [0.25, 0.3) is 18.2 Å². The van der Waals surface area contributed by atoms with Crippen LogP contribution in [-0.4, -0.2) is 76.5 Å². The van der Waals surface area contributed by atoms with E-state index in [1.165, 1.54) is 22.0 Å². The molecule has 6 rings (SSSR count). The van der Waals surface area contributed by atoms with E-state index in [2.05, 4.69) is 30.5 Å². The molecule has 0 radical (unpaired) electrons. The third kappa shape index (κ3) is 5.02. The number of carbonyl (C=O) groups excluding carboxylic acids is 1. The molecule has 1 saturated heterocycles. The lowest BCUT2D eigenvalue weighted by Crippen LogP contribution is -2.35. The minimum Gasteiger partial charge on any atom is -0.472 e. The highest BCUT2D eigenvalue weighted by Crippen LogP contribution is 2.34. The van der Waals surface area contributed by atoms with Crippen LogP contribution < -0.4 is 10.1 Å². The Morgan fingerprint density at radius 3 is 2.77 bits per heavy atom. The van der Waals surface area contributed by atoms with Crippen LogP contribution in [0.15, 0.2) is 49.1 Å². The number of nitrogens with one attached hydrogen (secondary N) is 1. The first-order valence-electron chi connectivity index (χ1n) is 12.4. The molecule has 0 unspecified atom stereocenters. The van der Waals surface area contributed by atoms with Crippen LogP contribution >= 0.6 is 0 Å². The van der Waals surface area contributed by atoms with Crippen LogP contribution in [0.1, 0.15) is 24.8 Å². The Balaban J connectivity index is 1.24. The summed E-state index contributed by atoms with van der Waals surface area (Å²) in [6.45, 7) is -0.0999. The van der Waals surface area contributed by atoms with Crippen LogP contribution in [0.3, 0.4) is 0 Å². The van der Waals surface area contributed by atoms with Gasteiger partial charge in [0, 0.05) is 38.0 Å². The summed E-state index contributed by atoms with van der Waals surface area (Å²) < 4.78 is 34.2. The molecule has 2 fully saturated rings. The number of carbonyl (C=O) groups is 1. The third-order valence-electron chi connectivity index (χ3n) is 6.56. The average Bonchev–Trinajstić information content (AvgIpc) is 3.34. The number of aliphatic hydroxyl groups is 1. The number of rotatable bonds is 9. The van der Waals surface area contributed by atoms with E-state index in [1.807, 2.05) is 0 Å². The molecule has 39 heavy (non-hydrogen) atoms. The number of amides is 1. The first-order valence-corrected chi connectivity index (χ1v) is 12.4. The van der Waals surface area contributed by atoms with Crippen molar-refractivity contribution < 1.29 is 23.4 Å². The largest absolute Gasteiger partial charge is 0.472 e. The molecule has 1 atom stereocenters. The van der Waals surface area contributed by atoms with E-state index >= 15 is 0 Å². The van der Waals surface area contributed by atoms with Crippen molar-refractivity contribution in [3.63, 3.8) is 0 Å². The summed E-state index contributed by atoms with van der Waals surface area (Å²) in [6.07, 6.45) is 5.57. The summed E-state index contributed by atoms with van der Waals surface area (Å²) in [7, 11) is 1.65. The fourth-order valence-electron chi connectivity index (χ4n) is 4.31. The first kappa shape index (κ1) is 24.9. The van der Waals surface area contributed by atoms with E-state index < -0.39 is 18.6 Å². The predicted molar refractivity (Wildman–Crippen MR) is 134 cm³/mol. The fraction of sp³-hybridized carbons (Fsp3) is 0.360. The van der Waals surface area contributed by atoms with Gasteiger partial charge in [0.1, 0.15) is 18.3 Å². The molecule has 1 aliphatic carbocycles. The number of hydrogen-bond donors (Lipinski definition) is 2. The van der Waals surface area contributed by atoms with E-state index in [0.717, 1.165) is 17.5 Å². The molecule has 0 spiro atoms. The SMILES string of the molecule is CN1CC[C@@](O)(c2cnn(-c3cccc(-c4ccnc(Nc5cn(CC(F)F)nc5OC5CC5)n4)n3)c2)C1=O. The minimum atomic E-state index is -2.56. The second-order valence-electron chi connectivity index (χ2n) is 9.56. The summed E-state index contributed by atoms with van der Waals surface area (Å²) in [6, 6.07) is 6.98. The van der Waals surface area contributed by atoms with Crippen molar-refractivity contribution in [3.05, 3.63) is 54.6 Å². The number of anilines is 2. The van der Waals surface area contributed by atoms with E-state index in [1.54, 1.807) is 43.7 Å². The number of halogens is 2. The van der Waals surface area contributed by atoms with E-state index in [0.29, 0.717) is 35.0 Å². The summed E-state index contributed by atoms with van der Waals surface area (Å²) in [4.78, 5) is 27.4. The molecule has 0 aromatic carbocycles. The van der Waals surface area contributed by atoms with Crippen molar-refractivity contribution in [3.8, 4) is 23.1 Å². The molecule has 1 aliphatic heterocycles. The Labute approximate surface area is 221 Å². The molecule has 14 heteroatoms. The maximum absolute atomic E-state index is 12.9. The molecule has 2 N–H and O–H groups in total. The van der Waals surface area contributed by atoms with Crippen molar-refractivity contribution in [2.45, 2.75) is 43.9 Å². The number of likely N-dealkylation sites (N-methyl/N-ethyl adjacent to an activating group) is 1. The Morgan fingerprint density at radius 1 is 1.21 bits per heavy atom. The quantitative estimate of drug-likeness (QED) is 0.330. The van der Waals surface area contributed by atoms with Gasteiger partial charge in [-0.2, -0.15) is 5.10 Å². The van der Waals surface area contributed by atoms with Gasteiger partial charge >= 0.3 is 0 Å². The maximum atomic E-state index is 12.9. The van der Waals surface area contributed by atoms with Crippen LogP contribution in [0.2, 0.25) is 0 Å². The van der Waals surface area contributed by atoms with Crippen molar-refractivity contribution in [2.75, 3.05) is 18.9 Å². The van der Waals surface area contributed by atoms with Crippen molar-refractivity contribution in [1.29, 1.82) is 0 Å². The second kappa shape index (κ2) is 9.69. The molecular weight excluding hydrogens is 512 g/mol. The molecule has 4 aromatic heterocycles. The molecule has 4 aromatic rings. The van der Waals surface area contributed by atoms with Gasteiger partial charge in [0.05, 0.1) is 23.8 Å². The van der Waals surface area contributed by atoms with E-state index in [4.69, 9.17) is 4.74 Å². The van der Waals surface area contributed by atoms with Gasteiger partial charge in [-0.05, 0) is 31.0 Å². The molecule has 1 amide bonds. The van der Waals surface area contributed by atoms with Gasteiger partial charge in [-0.15, -0.1) is 5.10 Å². The summed E-state index contributed by atoms with van der Waals surface area (Å²) in [5.41, 5.74) is 0.193. The Hall–Kier alpha value is -4.46. The number of alkyl halides is 2. The average molecular weight is 538 g/mol. The van der Waals surface area contributed by atoms with Crippen LogP contribution in [0, 0.1) is 0 Å². The molecular formula is C25H25F2N9O3. The fourth-order valence-corrected chi connectivity index (χ4v) is 4.31. The van der Waals surface area contributed by atoms with E-state index in [-0.39, 0.29) is 30.3 Å². The van der Waals surface area contributed by atoms with Gasteiger partial charge in [0.15, 0.2) is 11.4 Å². The number of likely N-dealkylation sites (tertiary alicyclic amines) is 1. The maximum Gasteiger partial charge on any atom is 0.259 e. The lowest BCUT2D eigenvalue weighted by Gasteiger charge is -2.18. The number of aromatic nitrogens is 7. The van der Waals surface area contributed by atoms with Gasteiger partial charge in [-0.1, -0.05) is 6.07 Å². The standard InChI is InChI=1S/C25H25F2N9O3/c1-34-10-8-25(38,23(34)37)15-11-29-36(12-15)21-4-2-3-17(30-21)18-7-9-28-24(31-18)32-19-13-35(14-20(26)27)33-22(19)39-16-5-6-16/h2-4,7,9,11-13,16,20,38H,5-6,8,10,14H2,1H3,(H,28,31,32)/t25-/m1/s1. The minimum absolute atomic E-state index is 0.0239. The highest BCUT2D eigenvalue weighted by Gasteiger charge is 2.46. The smallest absolute Gasteiger partial charge is 0.259 e. The van der Waals surface area contributed by atoms with Crippen LogP contribution in [0.5, 0.6) is 5.88 Å². The number of nitrogens with zero attached hydrogens (tertiary/aromatic N) is 8. The topological polar surface area (TPSA) is 136 Å². The normalized spacial score (nSPS) is 19.2. The Kier molecular flexibility index (Phi) is 6.17.